The summed E-state index contributed by atoms with van der Waals surface area (Å²) in [5, 5.41) is 3.84. The van der Waals surface area contributed by atoms with E-state index in [4.69, 9.17) is 0 Å². The van der Waals surface area contributed by atoms with Crippen LogP contribution in [0.3, 0.4) is 0 Å². The van der Waals surface area contributed by atoms with Crippen molar-refractivity contribution in [3.63, 3.8) is 0 Å². The highest BCUT2D eigenvalue weighted by Gasteiger charge is 1.75. The van der Waals surface area contributed by atoms with Crippen LogP contribution in [0.4, 0.5) is 0 Å². The van der Waals surface area contributed by atoms with Gasteiger partial charge < -0.3 is 5.43 Å². The lowest BCUT2D eigenvalue weighted by atomic mass is 10.5. The van der Waals surface area contributed by atoms with Gasteiger partial charge >= 0.3 is 0 Å². The van der Waals surface area contributed by atoms with E-state index in [9.17, 15) is 0 Å². The second-order valence-corrected chi connectivity index (χ2v) is 1.62. The molecule has 0 saturated carbocycles. The van der Waals surface area contributed by atoms with Crippen LogP contribution in [0.25, 0.3) is 0 Å². The standard InChI is InChI=1S/C6H9N3/c1-2-4-8-9-6-5-7-3-1/h1-2,4-5,9H,3,6H2. The quantitative estimate of drug-likeness (QED) is 0.491. The Labute approximate surface area is 54.2 Å². The molecule has 0 aromatic rings. The van der Waals surface area contributed by atoms with E-state index in [-0.39, 0.29) is 0 Å². The summed E-state index contributed by atoms with van der Waals surface area (Å²) in [6, 6.07) is 0. The van der Waals surface area contributed by atoms with Crippen molar-refractivity contribution in [3.8, 4) is 0 Å². The number of rotatable bonds is 0. The van der Waals surface area contributed by atoms with Crippen LogP contribution in [0, 0.1) is 0 Å². The molecule has 0 radical (unpaired) electrons. The highest BCUT2D eigenvalue weighted by Crippen LogP contribution is 1.74. The van der Waals surface area contributed by atoms with Crippen LogP contribution < -0.4 is 5.43 Å². The first kappa shape index (κ1) is 6.01. The van der Waals surface area contributed by atoms with Gasteiger partial charge in [-0.2, -0.15) is 5.10 Å². The minimum Gasteiger partial charge on any atom is -0.305 e. The molecular formula is C6H9N3. The Kier molecular flexibility index (Phi) is 2.56. The zero-order valence-corrected chi connectivity index (χ0v) is 5.12. The first-order chi connectivity index (χ1) is 4.50. The summed E-state index contributed by atoms with van der Waals surface area (Å²) in [6.45, 7) is 1.48. The summed E-state index contributed by atoms with van der Waals surface area (Å²) >= 11 is 0. The van der Waals surface area contributed by atoms with Crippen LogP contribution in [0.1, 0.15) is 0 Å². The van der Waals surface area contributed by atoms with E-state index in [0.29, 0.717) is 0 Å². The van der Waals surface area contributed by atoms with Crippen LogP contribution in [-0.2, 0) is 0 Å². The van der Waals surface area contributed by atoms with Gasteiger partial charge in [-0.3, -0.25) is 4.99 Å². The Hall–Kier alpha value is -1.12. The van der Waals surface area contributed by atoms with E-state index in [1.54, 1.807) is 6.21 Å². The lowest BCUT2D eigenvalue weighted by Crippen LogP contribution is -2.07. The molecule has 9 heavy (non-hydrogen) atoms. The number of hydrogen-bond acceptors (Lipinski definition) is 3. The van der Waals surface area contributed by atoms with Crippen molar-refractivity contribution in [2.24, 2.45) is 10.1 Å². The average Bonchev–Trinajstić information content (AvgIpc) is 2.00. The van der Waals surface area contributed by atoms with Gasteiger partial charge in [0, 0.05) is 12.4 Å². The van der Waals surface area contributed by atoms with E-state index < -0.39 is 0 Å². The Morgan fingerprint density at radius 1 is 1.44 bits per heavy atom. The Bertz CT molecular complexity index is 146. The molecule has 1 rings (SSSR count). The van der Waals surface area contributed by atoms with Crippen LogP contribution in [-0.4, -0.2) is 25.5 Å². The summed E-state index contributed by atoms with van der Waals surface area (Å²) in [5.74, 6) is 0. The van der Waals surface area contributed by atoms with E-state index in [1.165, 1.54) is 0 Å². The fourth-order valence-corrected chi connectivity index (χ4v) is 0.511. The maximum atomic E-state index is 4.04. The van der Waals surface area contributed by atoms with E-state index in [1.807, 2.05) is 18.4 Å². The summed E-state index contributed by atoms with van der Waals surface area (Å²) in [6.07, 6.45) is 7.35. The van der Waals surface area contributed by atoms with Gasteiger partial charge in [0.25, 0.3) is 0 Å². The molecule has 0 aliphatic carbocycles. The minimum absolute atomic E-state index is 0.720. The summed E-state index contributed by atoms with van der Waals surface area (Å²) < 4.78 is 0. The fourth-order valence-electron chi connectivity index (χ4n) is 0.511. The van der Waals surface area contributed by atoms with Crippen molar-refractivity contribution >= 4 is 12.4 Å². The Balaban J connectivity index is 2.43. The molecule has 1 aliphatic rings. The molecule has 0 spiro atoms. The lowest BCUT2D eigenvalue weighted by Gasteiger charge is -1.87. The third-order valence-electron chi connectivity index (χ3n) is 0.910. The number of nitrogens with one attached hydrogen (secondary N) is 1. The van der Waals surface area contributed by atoms with Crippen molar-refractivity contribution in [1.29, 1.82) is 0 Å². The second-order valence-electron chi connectivity index (χ2n) is 1.62. The van der Waals surface area contributed by atoms with Gasteiger partial charge in [-0.1, -0.05) is 6.08 Å². The molecule has 3 nitrogen and oxygen atoms in total. The molecular weight excluding hydrogens is 114 g/mol. The Morgan fingerprint density at radius 3 is 3.44 bits per heavy atom. The van der Waals surface area contributed by atoms with E-state index in [0.717, 1.165) is 13.1 Å². The Morgan fingerprint density at radius 2 is 2.44 bits per heavy atom. The van der Waals surface area contributed by atoms with Gasteiger partial charge in [0.1, 0.15) is 0 Å². The van der Waals surface area contributed by atoms with E-state index in [2.05, 4.69) is 15.5 Å². The molecule has 0 fully saturated rings. The fraction of sp³-hybridized carbons (Fsp3) is 0.333. The maximum Gasteiger partial charge on any atom is 0.0678 e. The molecule has 0 aromatic carbocycles. The molecule has 0 bridgehead atoms. The first-order valence-electron chi connectivity index (χ1n) is 2.89. The minimum atomic E-state index is 0.720. The van der Waals surface area contributed by atoms with Crippen molar-refractivity contribution in [2.45, 2.75) is 0 Å². The number of nitrogens with zero attached hydrogens (tertiary/aromatic N) is 2. The van der Waals surface area contributed by atoms with Crippen molar-refractivity contribution < 1.29 is 0 Å². The number of allylic oxidation sites excluding steroid dienone is 1. The summed E-state index contributed by atoms with van der Waals surface area (Å²) in [7, 11) is 0. The van der Waals surface area contributed by atoms with Gasteiger partial charge in [0.05, 0.1) is 13.1 Å². The van der Waals surface area contributed by atoms with Gasteiger partial charge in [0.15, 0.2) is 0 Å². The van der Waals surface area contributed by atoms with Crippen molar-refractivity contribution in [1.82, 2.24) is 5.43 Å². The van der Waals surface area contributed by atoms with E-state index >= 15 is 0 Å². The molecule has 1 heterocycles. The molecule has 3 heteroatoms. The smallest absolute Gasteiger partial charge is 0.0678 e. The predicted octanol–water partition coefficient (Wildman–Crippen LogP) is 0.202. The zero-order chi connectivity index (χ0) is 6.36. The lowest BCUT2D eigenvalue weighted by molar-refractivity contribution is 0.860. The highest BCUT2D eigenvalue weighted by molar-refractivity contribution is 5.71. The molecule has 0 atom stereocenters. The predicted molar refractivity (Wildman–Crippen MR) is 39.0 cm³/mol. The molecule has 0 aromatic heterocycles. The van der Waals surface area contributed by atoms with Crippen LogP contribution in [0.5, 0.6) is 0 Å². The number of hydrazone groups is 1. The van der Waals surface area contributed by atoms with Gasteiger partial charge in [-0.25, -0.2) is 0 Å². The highest BCUT2D eigenvalue weighted by atomic mass is 15.3. The van der Waals surface area contributed by atoms with Crippen LogP contribution in [0.15, 0.2) is 22.2 Å². The molecule has 0 unspecified atom stereocenters. The molecule has 0 amide bonds. The average molecular weight is 123 g/mol. The van der Waals surface area contributed by atoms with Crippen LogP contribution in [0.2, 0.25) is 0 Å². The normalized spacial score (nSPS) is 17.8. The molecule has 1 N–H and O–H groups in total. The topological polar surface area (TPSA) is 36.8 Å². The van der Waals surface area contributed by atoms with Crippen molar-refractivity contribution in [3.05, 3.63) is 12.2 Å². The third-order valence-corrected chi connectivity index (χ3v) is 0.910. The molecule has 1 aliphatic heterocycles. The van der Waals surface area contributed by atoms with Gasteiger partial charge in [0.2, 0.25) is 0 Å². The molecule has 48 valence electrons. The van der Waals surface area contributed by atoms with Crippen molar-refractivity contribution in [2.75, 3.05) is 13.1 Å². The second kappa shape index (κ2) is 3.83. The van der Waals surface area contributed by atoms with Gasteiger partial charge in [-0.15, -0.1) is 0 Å². The largest absolute Gasteiger partial charge is 0.305 e. The zero-order valence-electron chi connectivity index (χ0n) is 5.12. The van der Waals surface area contributed by atoms with Gasteiger partial charge in [-0.05, 0) is 6.08 Å². The first-order valence-corrected chi connectivity index (χ1v) is 2.89. The third kappa shape index (κ3) is 2.64. The molecule has 0 saturated heterocycles. The number of aliphatic imine (C=N–C) groups is 1. The van der Waals surface area contributed by atoms with Crippen LogP contribution >= 0.6 is 0 Å². The summed E-state index contributed by atoms with van der Waals surface area (Å²) in [5.41, 5.74) is 2.80. The number of hydrogen-bond donors (Lipinski definition) is 1. The SMILES string of the molecule is C1=CCN=CCNN=C1. The monoisotopic (exact) mass is 123 g/mol. The maximum absolute atomic E-state index is 4.04. The summed E-state index contributed by atoms with van der Waals surface area (Å²) in [4.78, 5) is 4.04.